The lowest BCUT2D eigenvalue weighted by molar-refractivity contribution is -0.122. The number of carbonyl (C=O) groups excluding carboxylic acids is 1. The number of nitrogens with zero attached hydrogens (tertiary/aromatic N) is 2. The third-order valence-corrected chi connectivity index (χ3v) is 7.23. The van der Waals surface area contributed by atoms with Crippen molar-refractivity contribution >= 4 is 17.8 Å². The molecule has 1 spiro atoms. The van der Waals surface area contributed by atoms with Gasteiger partial charge >= 0.3 is 0 Å². The van der Waals surface area contributed by atoms with E-state index in [0.29, 0.717) is 19.8 Å². The van der Waals surface area contributed by atoms with E-state index >= 15 is 0 Å². The highest BCUT2D eigenvalue weighted by molar-refractivity contribution is 6.11. The molecule has 4 aliphatic heterocycles. The number of hydrogen-bond donors (Lipinski definition) is 0. The van der Waals surface area contributed by atoms with Crippen molar-refractivity contribution in [2.75, 3.05) is 24.7 Å². The molecule has 2 aromatic rings. The van der Waals surface area contributed by atoms with Crippen LogP contribution >= 0.6 is 0 Å². The van der Waals surface area contributed by atoms with Crippen LogP contribution in [0.5, 0.6) is 11.5 Å². The van der Waals surface area contributed by atoms with E-state index in [1.807, 2.05) is 41.5 Å². The number of allylic oxidation sites excluding steroid dienone is 1. The van der Waals surface area contributed by atoms with Gasteiger partial charge in [-0.1, -0.05) is 38.1 Å². The number of hydrogen-bond acceptors (Lipinski definition) is 4. The van der Waals surface area contributed by atoms with Gasteiger partial charge in [0.15, 0.2) is 0 Å². The number of para-hydroxylation sites is 1. The van der Waals surface area contributed by atoms with E-state index in [-0.39, 0.29) is 16.9 Å². The van der Waals surface area contributed by atoms with Crippen LogP contribution < -0.4 is 14.4 Å². The fraction of sp³-hybridized carbons (Fsp3) is 0.385. The molecule has 2 unspecified atom stereocenters. The number of dihydropyridines is 1. The third-order valence-electron chi connectivity index (χ3n) is 7.23. The molecule has 1 amide bonds. The lowest BCUT2D eigenvalue weighted by Crippen LogP contribution is -2.48. The summed E-state index contributed by atoms with van der Waals surface area (Å²) in [7, 11) is 0. The number of carbonyl (C=O) groups is 1. The van der Waals surface area contributed by atoms with Crippen molar-refractivity contribution in [2.24, 2.45) is 4.99 Å². The third kappa shape index (κ3) is 2.43. The summed E-state index contributed by atoms with van der Waals surface area (Å²) in [6, 6.07) is 12.3. The molecule has 0 aromatic heterocycles. The Morgan fingerprint density at radius 1 is 1.00 bits per heavy atom. The Labute approximate surface area is 182 Å². The summed E-state index contributed by atoms with van der Waals surface area (Å²) in [5, 5.41) is 0. The summed E-state index contributed by atoms with van der Waals surface area (Å²) in [4.78, 5) is 20.8. The monoisotopic (exact) mass is 414 g/mol. The minimum atomic E-state index is -0.815. The van der Waals surface area contributed by atoms with E-state index in [9.17, 15) is 4.79 Å². The maximum absolute atomic E-state index is 14.2. The highest BCUT2D eigenvalue weighted by Crippen LogP contribution is 2.55. The number of aliphatic imine (C=N–C) groups is 1. The summed E-state index contributed by atoms with van der Waals surface area (Å²) in [6.45, 7) is 7.97. The number of ether oxygens (including phenoxy) is 2. The van der Waals surface area contributed by atoms with Gasteiger partial charge in [0.05, 0.1) is 18.7 Å². The molecule has 0 saturated carbocycles. The van der Waals surface area contributed by atoms with Crippen molar-refractivity contribution in [1.29, 1.82) is 0 Å². The zero-order valence-electron chi connectivity index (χ0n) is 18.1. The molecule has 2 aromatic carbocycles. The molecule has 31 heavy (non-hydrogen) atoms. The first-order chi connectivity index (χ1) is 14.8. The zero-order chi connectivity index (χ0) is 21.4. The highest BCUT2D eigenvalue weighted by atomic mass is 16.5. The molecule has 0 fully saturated rings. The molecule has 158 valence electrons. The Morgan fingerprint density at radius 3 is 2.58 bits per heavy atom. The molecule has 0 saturated heterocycles. The topological polar surface area (TPSA) is 51.1 Å². The number of amides is 1. The second-order valence-corrected chi connectivity index (χ2v) is 10.0. The largest absolute Gasteiger partial charge is 0.492 e. The quantitative estimate of drug-likeness (QED) is 0.741. The molecule has 0 radical (unpaired) electrons. The average molecular weight is 415 g/mol. The molecule has 2 atom stereocenters. The second-order valence-electron chi connectivity index (χ2n) is 10.0. The van der Waals surface area contributed by atoms with Crippen molar-refractivity contribution in [1.82, 2.24) is 0 Å². The van der Waals surface area contributed by atoms with Crippen LogP contribution in [0.25, 0.3) is 0 Å². The maximum atomic E-state index is 14.2. The Balaban J connectivity index is 1.50. The van der Waals surface area contributed by atoms with Gasteiger partial charge in [-0.3, -0.25) is 9.79 Å². The van der Waals surface area contributed by atoms with Gasteiger partial charge in [0.1, 0.15) is 23.5 Å². The van der Waals surface area contributed by atoms with Crippen molar-refractivity contribution in [3.05, 3.63) is 65.2 Å². The molecule has 0 aliphatic carbocycles. The Bertz CT molecular complexity index is 1180. The summed E-state index contributed by atoms with van der Waals surface area (Å²) in [5.41, 5.74) is 2.85. The first kappa shape index (κ1) is 18.7. The summed E-state index contributed by atoms with van der Waals surface area (Å²) >= 11 is 0. The number of fused-ring (bicyclic) bond motifs is 5. The zero-order valence-corrected chi connectivity index (χ0v) is 18.1. The van der Waals surface area contributed by atoms with E-state index in [0.717, 1.165) is 40.3 Å². The van der Waals surface area contributed by atoms with Crippen molar-refractivity contribution in [3.63, 3.8) is 0 Å². The van der Waals surface area contributed by atoms with Gasteiger partial charge in [0.25, 0.3) is 0 Å². The van der Waals surface area contributed by atoms with Crippen LogP contribution in [0.1, 0.15) is 43.9 Å². The molecular formula is C26H26N2O3. The maximum Gasteiger partial charge on any atom is 0.245 e. The van der Waals surface area contributed by atoms with Gasteiger partial charge in [0, 0.05) is 34.5 Å². The predicted molar refractivity (Wildman–Crippen MR) is 121 cm³/mol. The molecule has 0 N–H and O–H groups in total. The van der Waals surface area contributed by atoms with Crippen LogP contribution in [0.3, 0.4) is 0 Å². The van der Waals surface area contributed by atoms with E-state index in [2.05, 4.69) is 39.0 Å². The minimum Gasteiger partial charge on any atom is -0.492 e. The standard InChI is InChI=1S/C26H26N2O3/c1-24(2)15-30-21-13-22-19(12-18(21)24)26(16-31-22)17-8-4-5-9-20(17)28(23(26)29)14-25(3)10-6-7-11-27-25/h4-9,11-13H,10,14-16H2,1-3H3. The first-order valence-corrected chi connectivity index (χ1v) is 10.9. The fourth-order valence-electron chi connectivity index (χ4n) is 5.45. The van der Waals surface area contributed by atoms with Crippen LogP contribution in [0.2, 0.25) is 0 Å². The Morgan fingerprint density at radius 2 is 1.77 bits per heavy atom. The first-order valence-electron chi connectivity index (χ1n) is 10.9. The molecule has 5 nitrogen and oxygen atoms in total. The van der Waals surface area contributed by atoms with E-state index < -0.39 is 5.41 Å². The molecule has 4 heterocycles. The van der Waals surface area contributed by atoms with Crippen LogP contribution in [-0.2, 0) is 15.6 Å². The van der Waals surface area contributed by atoms with Crippen LogP contribution in [-0.4, -0.2) is 37.4 Å². The lowest BCUT2D eigenvalue weighted by atomic mass is 9.75. The summed E-state index contributed by atoms with van der Waals surface area (Å²) < 4.78 is 12.1. The summed E-state index contributed by atoms with van der Waals surface area (Å²) in [6.07, 6.45) is 6.74. The predicted octanol–water partition coefficient (Wildman–Crippen LogP) is 4.17. The van der Waals surface area contributed by atoms with Gasteiger partial charge in [-0.2, -0.15) is 0 Å². The van der Waals surface area contributed by atoms with Gasteiger partial charge in [-0.05, 0) is 37.1 Å². The molecule has 5 heteroatoms. The molecule has 4 aliphatic rings. The smallest absolute Gasteiger partial charge is 0.245 e. The second kappa shape index (κ2) is 6.00. The SMILES string of the molecule is CC1(CN2C(=O)C3(COc4cc5c(cc43)C(C)(C)CO5)c3ccccc32)CC=CC=N1. The van der Waals surface area contributed by atoms with Gasteiger partial charge < -0.3 is 14.4 Å². The molecular weight excluding hydrogens is 388 g/mol. The van der Waals surface area contributed by atoms with Crippen molar-refractivity contribution in [3.8, 4) is 11.5 Å². The van der Waals surface area contributed by atoms with Crippen molar-refractivity contribution in [2.45, 2.75) is 43.6 Å². The normalized spacial score (nSPS) is 29.0. The van der Waals surface area contributed by atoms with E-state index in [1.165, 1.54) is 0 Å². The molecule has 0 bridgehead atoms. The number of benzene rings is 2. The van der Waals surface area contributed by atoms with Crippen LogP contribution in [0, 0.1) is 0 Å². The van der Waals surface area contributed by atoms with E-state index in [4.69, 9.17) is 14.5 Å². The van der Waals surface area contributed by atoms with Gasteiger partial charge in [-0.15, -0.1) is 0 Å². The summed E-state index contributed by atoms with van der Waals surface area (Å²) in [5.74, 6) is 1.70. The molecule has 6 rings (SSSR count). The van der Waals surface area contributed by atoms with Gasteiger partial charge in [0.2, 0.25) is 5.91 Å². The minimum absolute atomic E-state index is 0.0788. The van der Waals surface area contributed by atoms with Crippen LogP contribution in [0.4, 0.5) is 5.69 Å². The van der Waals surface area contributed by atoms with Crippen LogP contribution in [0.15, 0.2) is 53.5 Å². The highest BCUT2D eigenvalue weighted by Gasteiger charge is 2.58. The lowest BCUT2D eigenvalue weighted by Gasteiger charge is -2.32. The van der Waals surface area contributed by atoms with Crippen molar-refractivity contribution < 1.29 is 14.3 Å². The number of anilines is 1. The van der Waals surface area contributed by atoms with Gasteiger partial charge in [-0.25, -0.2) is 0 Å². The fourth-order valence-corrected chi connectivity index (χ4v) is 5.45. The Kier molecular flexibility index (Phi) is 3.61. The number of rotatable bonds is 2. The Hall–Kier alpha value is -3.08. The van der Waals surface area contributed by atoms with E-state index in [1.54, 1.807) is 0 Å². The average Bonchev–Trinajstić information content (AvgIpc) is 3.35.